The zero-order valence-corrected chi connectivity index (χ0v) is 12.7. The van der Waals surface area contributed by atoms with Crippen LogP contribution >= 0.6 is 11.3 Å². The molecule has 1 aromatic rings. The molecule has 0 bridgehead atoms. The first-order chi connectivity index (χ1) is 9.78. The highest BCUT2D eigenvalue weighted by Crippen LogP contribution is 2.18. The van der Waals surface area contributed by atoms with Crippen molar-refractivity contribution in [3.05, 3.63) is 11.1 Å². The van der Waals surface area contributed by atoms with E-state index in [4.69, 9.17) is 9.47 Å². The first kappa shape index (κ1) is 15.3. The summed E-state index contributed by atoms with van der Waals surface area (Å²) in [6.07, 6.45) is 5.26. The Hall–Kier alpha value is -1.14. The number of ether oxygens (including phenoxy) is 2. The van der Waals surface area contributed by atoms with Crippen molar-refractivity contribution in [2.24, 2.45) is 0 Å². The zero-order valence-electron chi connectivity index (χ0n) is 11.9. The number of aromatic nitrogens is 1. The van der Waals surface area contributed by atoms with Gasteiger partial charge in [-0.3, -0.25) is 4.79 Å². The van der Waals surface area contributed by atoms with Gasteiger partial charge in [0.1, 0.15) is 0 Å². The SMILES string of the molecule is CCOC(=O)Cc1csc(NCCC2CCCCO2)n1. The largest absolute Gasteiger partial charge is 0.466 e. The number of esters is 1. The maximum absolute atomic E-state index is 11.3. The van der Waals surface area contributed by atoms with Gasteiger partial charge in [-0.15, -0.1) is 11.3 Å². The predicted octanol–water partition coefficient (Wildman–Crippen LogP) is 2.62. The second-order valence-corrected chi connectivity index (χ2v) is 5.69. The van der Waals surface area contributed by atoms with Crippen molar-refractivity contribution < 1.29 is 14.3 Å². The fourth-order valence-electron chi connectivity index (χ4n) is 2.20. The Bertz CT molecular complexity index is 416. The molecule has 1 N–H and O–H groups in total. The van der Waals surface area contributed by atoms with E-state index in [0.717, 1.165) is 36.8 Å². The van der Waals surface area contributed by atoms with Crippen LogP contribution in [0, 0.1) is 0 Å². The molecule has 1 aliphatic rings. The van der Waals surface area contributed by atoms with Gasteiger partial charge in [0.15, 0.2) is 5.13 Å². The fourth-order valence-corrected chi connectivity index (χ4v) is 2.94. The number of thiazole rings is 1. The zero-order chi connectivity index (χ0) is 14.2. The number of carbonyl (C=O) groups is 1. The molecular weight excluding hydrogens is 276 g/mol. The van der Waals surface area contributed by atoms with E-state index in [1.165, 1.54) is 24.2 Å². The lowest BCUT2D eigenvalue weighted by atomic mass is 10.1. The molecule has 0 saturated carbocycles. The van der Waals surface area contributed by atoms with E-state index < -0.39 is 0 Å². The molecule has 0 aromatic carbocycles. The summed E-state index contributed by atoms with van der Waals surface area (Å²) < 4.78 is 10.6. The van der Waals surface area contributed by atoms with E-state index in [-0.39, 0.29) is 12.4 Å². The van der Waals surface area contributed by atoms with Crippen molar-refractivity contribution in [3.8, 4) is 0 Å². The van der Waals surface area contributed by atoms with Crippen LogP contribution in [0.2, 0.25) is 0 Å². The molecule has 0 spiro atoms. The maximum atomic E-state index is 11.3. The monoisotopic (exact) mass is 298 g/mol. The van der Waals surface area contributed by atoms with E-state index in [9.17, 15) is 4.79 Å². The van der Waals surface area contributed by atoms with E-state index >= 15 is 0 Å². The lowest BCUT2D eigenvalue weighted by Gasteiger charge is -2.22. The average molecular weight is 298 g/mol. The molecule has 20 heavy (non-hydrogen) atoms. The van der Waals surface area contributed by atoms with E-state index in [1.54, 1.807) is 6.92 Å². The van der Waals surface area contributed by atoms with Gasteiger partial charge >= 0.3 is 5.97 Å². The quantitative estimate of drug-likeness (QED) is 0.784. The number of hydrogen-bond donors (Lipinski definition) is 1. The first-order valence-electron chi connectivity index (χ1n) is 7.23. The molecule has 1 aliphatic heterocycles. The van der Waals surface area contributed by atoms with Gasteiger partial charge in [0.25, 0.3) is 0 Å². The summed E-state index contributed by atoms with van der Waals surface area (Å²) in [6, 6.07) is 0. The molecule has 1 unspecified atom stereocenters. The summed E-state index contributed by atoms with van der Waals surface area (Å²) in [5.41, 5.74) is 0.768. The van der Waals surface area contributed by atoms with Crippen LogP contribution in [-0.2, 0) is 20.7 Å². The normalized spacial score (nSPS) is 18.8. The van der Waals surface area contributed by atoms with Crippen LogP contribution in [0.5, 0.6) is 0 Å². The Morgan fingerprint density at radius 3 is 3.25 bits per heavy atom. The molecule has 5 nitrogen and oxygen atoms in total. The Morgan fingerprint density at radius 2 is 2.50 bits per heavy atom. The maximum Gasteiger partial charge on any atom is 0.311 e. The molecule has 0 amide bonds. The lowest BCUT2D eigenvalue weighted by molar-refractivity contribution is -0.142. The van der Waals surface area contributed by atoms with Gasteiger partial charge in [0.2, 0.25) is 0 Å². The highest BCUT2D eigenvalue weighted by molar-refractivity contribution is 7.13. The Balaban J connectivity index is 1.68. The third-order valence-corrected chi connectivity index (χ3v) is 4.05. The molecule has 1 saturated heterocycles. The molecule has 6 heteroatoms. The second-order valence-electron chi connectivity index (χ2n) is 4.83. The predicted molar refractivity (Wildman–Crippen MR) is 79.1 cm³/mol. The van der Waals surface area contributed by atoms with Gasteiger partial charge in [-0.25, -0.2) is 4.98 Å². The number of nitrogens with zero attached hydrogens (tertiary/aromatic N) is 1. The average Bonchev–Trinajstić information content (AvgIpc) is 2.88. The van der Waals surface area contributed by atoms with E-state index in [2.05, 4.69) is 10.3 Å². The van der Waals surface area contributed by atoms with Crippen LogP contribution in [-0.4, -0.2) is 36.8 Å². The van der Waals surface area contributed by atoms with Crippen molar-refractivity contribution in [1.29, 1.82) is 0 Å². The highest BCUT2D eigenvalue weighted by atomic mass is 32.1. The van der Waals surface area contributed by atoms with Gasteiger partial charge in [-0.2, -0.15) is 0 Å². The number of hydrogen-bond acceptors (Lipinski definition) is 6. The van der Waals surface area contributed by atoms with E-state index in [0.29, 0.717) is 12.7 Å². The van der Waals surface area contributed by atoms with Gasteiger partial charge in [0.05, 0.1) is 24.8 Å². The minimum atomic E-state index is -0.222. The molecule has 1 fully saturated rings. The van der Waals surface area contributed by atoms with Crippen molar-refractivity contribution in [1.82, 2.24) is 4.98 Å². The molecule has 112 valence electrons. The first-order valence-corrected chi connectivity index (χ1v) is 8.11. The number of nitrogens with one attached hydrogen (secondary N) is 1. The second kappa shape index (κ2) is 8.21. The highest BCUT2D eigenvalue weighted by Gasteiger charge is 2.13. The Kier molecular flexibility index (Phi) is 6.26. The standard InChI is InChI=1S/C14H22N2O3S/c1-2-18-13(17)9-11-10-20-14(16-11)15-7-6-12-5-3-4-8-19-12/h10,12H,2-9H2,1H3,(H,15,16). The molecule has 2 heterocycles. The summed E-state index contributed by atoms with van der Waals surface area (Å²) in [5.74, 6) is -0.222. The lowest BCUT2D eigenvalue weighted by Crippen LogP contribution is -2.21. The topological polar surface area (TPSA) is 60.5 Å². The van der Waals surface area contributed by atoms with E-state index in [1.807, 2.05) is 5.38 Å². The smallest absolute Gasteiger partial charge is 0.311 e. The van der Waals surface area contributed by atoms with Crippen molar-refractivity contribution in [2.75, 3.05) is 25.1 Å². The molecule has 0 aliphatic carbocycles. The van der Waals surface area contributed by atoms with Crippen molar-refractivity contribution in [2.45, 2.75) is 45.1 Å². The minimum Gasteiger partial charge on any atom is -0.466 e. The molecule has 1 aromatic heterocycles. The van der Waals surface area contributed by atoms with Gasteiger partial charge in [-0.05, 0) is 32.6 Å². The van der Waals surface area contributed by atoms with Crippen LogP contribution in [0.15, 0.2) is 5.38 Å². The van der Waals surface area contributed by atoms with Gasteiger partial charge in [0, 0.05) is 18.5 Å². The minimum absolute atomic E-state index is 0.222. The van der Waals surface area contributed by atoms with Crippen LogP contribution in [0.25, 0.3) is 0 Å². The summed E-state index contributed by atoms with van der Waals surface area (Å²) in [6.45, 7) is 3.97. The van der Waals surface area contributed by atoms with Crippen LogP contribution in [0.4, 0.5) is 5.13 Å². The number of carbonyl (C=O) groups excluding carboxylic acids is 1. The van der Waals surface area contributed by atoms with Gasteiger partial charge in [-0.1, -0.05) is 0 Å². The molecular formula is C14H22N2O3S. The van der Waals surface area contributed by atoms with Crippen LogP contribution < -0.4 is 5.32 Å². The van der Waals surface area contributed by atoms with Crippen LogP contribution in [0.1, 0.15) is 38.3 Å². The third kappa shape index (κ3) is 5.09. The van der Waals surface area contributed by atoms with Crippen molar-refractivity contribution in [3.63, 3.8) is 0 Å². The fraction of sp³-hybridized carbons (Fsp3) is 0.714. The van der Waals surface area contributed by atoms with Crippen molar-refractivity contribution >= 4 is 22.4 Å². The van der Waals surface area contributed by atoms with Gasteiger partial charge < -0.3 is 14.8 Å². The molecule has 0 radical (unpaired) electrons. The number of rotatable bonds is 7. The Labute approximate surface area is 123 Å². The molecule has 2 rings (SSSR count). The third-order valence-electron chi connectivity index (χ3n) is 3.20. The molecule has 1 atom stereocenters. The summed E-state index contributed by atoms with van der Waals surface area (Å²) in [5, 5.41) is 6.05. The summed E-state index contributed by atoms with van der Waals surface area (Å²) in [7, 11) is 0. The Morgan fingerprint density at radius 1 is 1.60 bits per heavy atom. The van der Waals surface area contributed by atoms with Crippen LogP contribution in [0.3, 0.4) is 0 Å². The summed E-state index contributed by atoms with van der Waals surface area (Å²) >= 11 is 1.53. The number of anilines is 1. The summed E-state index contributed by atoms with van der Waals surface area (Å²) in [4.78, 5) is 15.7.